The van der Waals surface area contributed by atoms with Gasteiger partial charge in [-0.05, 0) is 37.1 Å². The number of anilines is 1. The fourth-order valence-corrected chi connectivity index (χ4v) is 3.72. The van der Waals surface area contributed by atoms with Gasteiger partial charge in [-0.25, -0.2) is 9.78 Å². The van der Waals surface area contributed by atoms with Crippen LogP contribution in [0.1, 0.15) is 38.1 Å². The Bertz CT molecular complexity index is 644. The van der Waals surface area contributed by atoms with Gasteiger partial charge < -0.3 is 15.2 Å². The Labute approximate surface area is 140 Å². The minimum atomic E-state index is -0.0461. The molecule has 6 heteroatoms. The van der Waals surface area contributed by atoms with E-state index >= 15 is 0 Å². The van der Waals surface area contributed by atoms with Gasteiger partial charge in [0.2, 0.25) is 0 Å². The van der Waals surface area contributed by atoms with Crippen molar-refractivity contribution in [1.82, 2.24) is 14.9 Å². The van der Waals surface area contributed by atoms with Crippen molar-refractivity contribution in [2.24, 2.45) is 0 Å². The third-order valence-electron chi connectivity index (χ3n) is 4.03. The van der Waals surface area contributed by atoms with Gasteiger partial charge in [0.15, 0.2) is 0 Å². The molecule has 0 aliphatic carbocycles. The number of aromatic nitrogens is 2. The Hall–Kier alpha value is -1.95. The number of H-pyrrole nitrogens is 1. The average Bonchev–Trinajstić information content (AvgIpc) is 3.11. The molecule has 1 aromatic carbocycles. The second-order valence-corrected chi connectivity index (χ2v) is 6.84. The molecule has 1 aromatic heterocycles. The predicted octanol–water partition coefficient (Wildman–Crippen LogP) is 4.28. The summed E-state index contributed by atoms with van der Waals surface area (Å²) in [6.07, 6.45) is 6.67. The molecule has 2 aromatic rings. The summed E-state index contributed by atoms with van der Waals surface area (Å²) in [7, 11) is 0. The number of carbonyl (C=O) groups excluding carboxylic acids is 1. The minimum absolute atomic E-state index is 0.0322. The van der Waals surface area contributed by atoms with Crippen molar-refractivity contribution in [2.45, 2.75) is 37.1 Å². The number of thioether (sulfide) groups is 1. The predicted molar refractivity (Wildman–Crippen MR) is 93.7 cm³/mol. The third kappa shape index (κ3) is 3.69. The summed E-state index contributed by atoms with van der Waals surface area (Å²) in [6, 6.07) is 7.95. The van der Waals surface area contributed by atoms with E-state index in [0.717, 1.165) is 48.0 Å². The van der Waals surface area contributed by atoms with Crippen molar-refractivity contribution >= 4 is 23.5 Å². The van der Waals surface area contributed by atoms with Crippen LogP contribution in [0.5, 0.6) is 0 Å². The summed E-state index contributed by atoms with van der Waals surface area (Å²) in [5.41, 5.74) is 0.883. The molecule has 2 heterocycles. The molecule has 2 amide bonds. The highest BCUT2D eigenvalue weighted by Crippen LogP contribution is 2.31. The van der Waals surface area contributed by atoms with Gasteiger partial charge in [0.1, 0.15) is 5.82 Å². The molecular formula is C17H22N4OS. The molecule has 1 aliphatic rings. The lowest BCUT2D eigenvalue weighted by atomic mass is 10.0. The number of urea groups is 1. The largest absolute Gasteiger partial charge is 0.347 e. The number of hydrogen-bond donors (Lipinski definition) is 2. The molecule has 1 fully saturated rings. The summed E-state index contributed by atoms with van der Waals surface area (Å²) >= 11 is 1.74. The summed E-state index contributed by atoms with van der Waals surface area (Å²) in [6.45, 7) is 2.88. The smallest absolute Gasteiger partial charge is 0.322 e. The molecular weight excluding hydrogens is 308 g/mol. The molecule has 5 nitrogen and oxygen atoms in total. The first-order valence-electron chi connectivity index (χ1n) is 8.08. The summed E-state index contributed by atoms with van der Waals surface area (Å²) in [5.74, 6) is 1.85. The number of imidazole rings is 1. The first-order chi connectivity index (χ1) is 11.3. The van der Waals surface area contributed by atoms with Crippen molar-refractivity contribution in [1.29, 1.82) is 0 Å². The quantitative estimate of drug-likeness (QED) is 0.823. The van der Waals surface area contributed by atoms with E-state index in [1.165, 1.54) is 0 Å². The SMILES string of the molecule is CCSc1ccccc1NC(=O)N1CCCC[C@H]1c1ncc[nH]1. The summed E-state index contributed by atoms with van der Waals surface area (Å²) in [5, 5.41) is 3.08. The maximum absolute atomic E-state index is 12.8. The summed E-state index contributed by atoms with van der Waals surface area (Å²) in [4.78, 5) is 23.3. The second-order valence-electron chi connectivity index (χ2n) is 5.54. The Morgan fingerprint density at radius 1 is 1.43 bits per heavy atom. The van der Waals surface area contributed by atoms with Crippen LogP contribution in [0.15, 0.2) is 41.6 Å². The molecule has 23 heavy (non-hydrogen) atoms. The molecule has 0 bridgehead atoms. The topological polar surface area (TPSA) is 61.0 Å². The van der Waals surface area contributed by atoms with E-state index in [2.05, 4.69) is 22.2 Å². The maximum Gasteiger partial charge on any atom is 0.322 e. The van der Waals surface area contributed by atoms with Gasteiger partial charge in [-0.2, -0.15) is 0 Å². The number of para-hydroxylation sites is 1. The Kier molecular flexibility index (Phi) is 5.23. The summed E-state index contributed by atoms with van der Waals surface area (Å²) < 4.78 is 0. The van der Waals surface area contributed by atoms with Gasteiger partial charge >= 0.3 is 6.03 Å². The lowest BCUT2D eigenvalue weighted by Crippen LogP contribution is -2.41. The van der Waals surface area contributed by atoms with Crippen LogP contribution >= 0.6 is 11.8 Å². The number of likely N-dealkylation sites (tertiary alicyclic amines) is 1. The molecule has 3 rings (SSSR count). The van der Waals surface area contributed by atoms with Crippen LogP contribution in [0.3, 0.4) is 0 Å². The lowest BCUT2D eigenvalue weighted by Gasteiger charge is -2.34. The van der Waals surface area contributed by atoms with Crippen molar-refractivity contribution in [3.05, 3.63) is 42.5 Å². The lowest BCUT2D eigenvalue weighted by molar-refractivity contribution is 0.160. The minimum Gasteiger partial charge on any atom is -0.347 e. The van der Waals surface area contributed by atoms with E-state index < -0.39 is 0 Å². The van der Waals surface area contributed by atoms with Crippen molar-refractivity contribution < 1.29 is 4.79 Å². The van der Waals surface area contributed by atoms with Gasteiger partial charge in [0.05, 0.1) is 11.7 Å². The fourth-order valence-electron chi connectivity index (χ4n) is 2.96. The highest BCUT2D eigenvalue weighted by molar-refractivity contribution is 7.99. The number of nitrogens with zero attached hydrogens (tertiary/aromatic N) is 2. The molecule has 2 N–H and O–H groups in total. The number of amides is 2. The van der Waals surface area contributed by atoms with Crippen molar-refractivity contribution in [3.63, 3.8) is 0 Å². The number of benzene rings is 1. The van der Waals surface area contributed by atoms with Crippen LogP contribution in [0.4, 0.5) is 10.5 Å². The van der Waals surface area contributed by atoms with Gasteiger partial charge in [-0.3, -0.25) is 0 Å². The number of rotatable bonds is 4. The van der Waals surface area contributed by atoms with Gasteiger partial charge in [-0.1, -0.05) is 19.1 Å². The molecule has 0 saturated carbocycles. The fraction of sp³-hybridized carbons (Fsp3) is 0.412. The zero-order valence-electron chi connectivity index (χ0n) is 13.3. The van der Waals surface area contributed by atoms with Crippen LogP contribution in [0.25, 0.3) is 0 Å². The first-order valence-corrected chi connectivity index (χ1v) is 9.07. The molecule has 1 saturated heterocycles. The van der Waals surface area contributed by atoms with E-state index in [4.69, 9.17) is 0 Å². The zero-order valence-corrected chi connectivity index (χ0v) is 14.1. The first kappa shape index (κ1) is 15.9. The molecule has 0 spiro atoms. The van der Waals surface area contributed by atoms with Crippen LogP contribution in [0.2, 0.25) is 0 Å². The molecule has 122 valence electrons. The van der Waals surface area contributed by atoms with E-state index in [-0.39, 0.29) is 12.1 Å². The van der Waals surface area contributed by atoms with E-state index in [1.807, 2.05) is 35.4 Å². The Morgan fingerprint density at radius 2 is 2.30 bits per heavy atom. The Morgan fingerprint density at radius 3 is 3.09 bits per heavy atom. The zero-order chi connectivity index (χ0) is 16.1. The number of carbonyl (C=O) groups is 1. The number of nitrogens with one attached hydrogen (secondary N) is 2. The molecule has 1 aliphatic heterocycles. The normalized spacial score (nSPS) is 18.0. The van der Waals surface area contributed by atoms with E-state index in [9.17, 15) is 4.79 Å². The van der Waals surface area contributed by atoms with Gasteiger partial charge in [-0.15, -0.1) is 11.8 Å². The molecule has 1 atom stereocenters. The van der Waals surface area contributed by atoms with Gasteiger partial charge in [0.25, 0.3) is 0 Å². The van der Waals surface area contributed by atoms with E-state index in [0.29, 0.717) is 0 Å². The van der Waals surface area contributed by atoms with E-state index in [1.54, 1.807) is 18.0 Å². The van der Waals surface area contributed by atoms with Crippen LogP contribution in [0, 0.1) is 0 Å². The van der Waals surface area contributed by atoms with Crippen molar-refractivity contribution in [3.8, 4) is 0 Å². The highest BCUT2D eigenvalue weighted by atomic mass is 32.2. The van der Waals surface area contributed by atoms with Crippen LogP contribution in [-0.2, 0) is 0 Å². The average molecular weight is 330 g/mol. The van der Waals surface area contributed by atoms with Crippen LogP contribution < -0.4 is 5.32 Å². The second kappa shape index (κ2) is 7.55. The standard InChI is InChI=1S/C17H22N4OS/c1-2-23-15-9-4-3-7-13(15)20-17(22)21-12-6-5-8-14(21)16-18-10-11-19-16/h3-4,7,9-11,14H,2,5-6,8,12H2,1H3,(H,18,19)(H,20,22)/t14-/m0/s1. The van der Waals surface area contributed by atoms with Gasteiger partial charge in [0, 0.05) is 23.8 Å². The number of piperidine rings is 1. The van der Waals surface area contributed by atoms with Crippen LogP contribution in [-0.4, -0.2) is 33.2 Å². The molecule has 0 unspecified atom stereocenters. The third-order valence-corrected chi connectivity index (χ3v) is 4.98. The number of hydrogen-bond acceptors (Lipinski definition) is 3. The van der Waals surface area contributed by atoms with Crippen molar-refractivity contribution in [2.75, 3.05) is 17.6 Å². The molecule has 0 radical (unpaired) electrons. The number of aromatic amines is 1. The monoisotopic (exact) mass is 330 g/mol. The highest BCUT2D eigenvalue weighted by Gasteiger charge is 2.29. The Balaban J connectivity index is 1.76. The maximum atomic E-state index is 12.8.